The average Bonchev–Trinajstić information content (AvgIpc) is 2.46. The van der Waals surface area contributed by atoms with Crippen LogP contribution in [-0.2, 0) is 6.42 Å². The van der Waals surface area contributed by atoms with Gasteiger partial charge in [-0.15, -0.1) is 0 Å². The number of hydrogen-bond donors (Lipinski definition) is 0. The molecule has 108 valence electrons. The maximum absolute atomic E-state index is 2.40. The molecule has 0 spiro atoms. The average molecular weight is 278 g/mol. The quantitative estimate of drug-likeness (QED) is 0.378. The van der Waals surface area contributed by atoms with Gasteiger partial charge in [-0.3, -0.25) is 0 Å². The van der Waals surface area contributed by atoms with Gasteiger partial charge in [0, 0.05) is 0 Å². The molecule has 19 heavy (non-hydrogen) atoms. The highest BCUT2D eigenvalue weighted by atomic mass is 31.1. The molecule has 0 nitrogen and oxygen atoms in total. The van der Waals surface area contributed by atoms with E-state index in [1.165, 1.54) is 62.8 Å². The minimum Gasteiger partial charge on any atom is -0.0756 e. The molecule has 0 N–H and O–H groups in total. The number of aryl methyl sites for hydroxylation is 1. The molecule has 0 aliphatic carbocycles. The zero-order valence-corrected chi connectivity index (χ0v) is 14.0. The monoisotopic (exact) mass is 278 g/mol. The molecule has 0 amide bonds. The van der Waals surface area contributed by atoms with Crippen LogP contribution in [0, 0.1) is 0 Å². The lowest BCUT2D eigenvalue weighted by Gasteiger charge is -2.16. The maximum Gasteiger partial charge on any atom is -0.0240 e. The highest BCUT2D eigenvalue weighted by Crippen LogP contribution is 2.35. The van der Waals surface area contributed by atoms with Crippen molar-refractivity contribution in [3.05, 3.63) is 29.8 Å². The predicted molar refractivity (Wildman–Crippen MR) is 91.2 cm³/mol. The lowest BCUT2D eigenvalue weighted by molar-refractivity contribution is 0.705. The molecule has 0 fully saturated rings. The molecular weight excluding hydrogens is 247 g/mol. The van der Waals surface area contributed by atoms with Crippen molar-refractivity contribution in [1.29, 1.82) is 0 Å². The van der Waals surface area contributed by atoms with Gasteiger partial charge in [-0.05, 0) is 42.5 Å². The van der Waals surface area contributed by atoms with Gasteiger partial charge >= 0.3 is 0 Å². The smallest absolute Gasteiger partial charge is 0.0240 e. The molecule has 0 saturated heterocycles. The molecule has 0 aromatic heterocycles. The molecule has 1 unspecified atom stereocenters. The Morgan fingerprint density at radius 3 is 2.05 bits per heavy atom. The maximum atomic E-state index is 2.40. The summed E-state index contributed by atoms with van der Waals surface area (Å²) in [6, 6.07) is 9.53. The first-order valence-electron chi connectivity index (χ1n) is 8.15. The van der Waals surface area contributed by atoms with Gasteiger partial charge in [0.15, 0.2) is 0 Å². The van der Waals surface area contributed by atoms with Crippen molar-refractivity contribution < 1.29 is 0 Å². The summed E-state index contributed by atoms with van der Waals surface area (Å²) < 4.78 is 0. The van der Waals surface area contributed by atoms with Crippen molar-refractivity contribution >= 4 is 13.2 Å². The normalized spacial score (nSPS) is 12.6. The minimum atomic E-state index is 0.105. The predicted octanol–water partition coefficient (Wildman–Crippen LogP) is 5.74. The molecule has 0 radical (unpaired) electrons. The Kier molecular flexibility index (Phi) is 9.18. The van der Waals surface area contributed by atoms with E-state index in [9.17, 15) is 0 Å². The first-order chi connectivity index (χ1) is 9.31. The first kappa shape index (κ1) is 16.7. The number of benzene rings is 1. The Balaban J connectivity index is 2.46. The summed E-state index contributed by atoms with van der Waals surface area (Å²) in [5.41, 5.74) is 1.52. The van der Waals surface area contributed by atoms with Crippen LogP contribution in [-0.4, -0.2) is 12.3 Å². The van der Waals surface area contributed by atoms with Gasteiger partial charge < -0.3 is 0 Å². The molecule has 1 aromatic carbocycles. The van der Waals surface area contributed by atoms with Crippen molar-refractivity contribution in [2.45, 2.75) is 65.7 Å². The topological polar surface area (TPSA) is 0 Å². The highest BCUT2D eigenvalue weighted by molar-refractivity contribution is 7.65. The third kappa shape index (κ3) is 6.57. The number of rotatable bonds is 10. The van der Waals surface area contributed by atoms with Crippen LogP contribution in [0.2, 0.25) is 0 Å². The molecule has 0 heterocycles. The van der Waals surface area contributed by atoms with E-state index in [1.807, 2.05) is 0 Å². The van der Waals surface area contributed by atoms with Gasteiger partial charge in [0.1, 0.15) is 0 Å². The van der Waals surface area contributed by atoms with Crippen LogP contribution < -0.4 is 5.30 Å². The Morgan fingerprint density at radius 2 is 1.47 bits per heavy atom. The van der Waals surface area contributed by atoms with E-state index in [2.05, 4.69) is 45.0 Å². The van der Waals surface area contributed by atoms with Crippen molar-refractivity contribution in [1.82, 2.24) is 0 Å². The third-order valence-electron chi connectivity index (χ3n) is 3.78. The summed E-state index contributed by atoms with van der Waals surface area (Å²) >= 11 is 0. The van der Waals surface area contributed by atoms with E-state index in [-0.39, 0.29) is 7.92 Å². The van der Waals surface area contributed by atoms with Crippen LogP contribution in [0.3, 0.4) is 0 Å². The number of unbranched alkanes of at least 4 members (excludes halogenated alkanes) is 4. The van der Waals surface area contributed by atoms with Crippen molar-refractivity contribution in [3.8, 4) is 0 Å². The summed E-state index contributed by atoms with van der Waals surface area (Å²) in [5.74, 6) is 0. The summed E-state index contributed by atoms with van der Waals surface area (Å²) in [7, 11) is 0.105. The van der Waals surface area contributed by atoms with E-state index in [1.54, 1.807) is 5.30 Å². The lowest BCUT2D eigenvalue weighted by atomic mass is 10.1. The Morgan fingerprint density at radius 1 is 0.789 bits per heavy atom. The minimum absolute atomic E-state index is 0.105. The SMILES string of the molecule is CCCCCCP(CC)c1ccc(CCCC)cc1. The fourth-order valence-electron chi connectivity index (χ4n) is 2.45. The third-order valence-corrected chi connectivity index (χ3v) is 6.43. The van der Waals surface area contributed by atoms with Gasteiger partial charge in [0.25, 0.3) is 0 Å². The van der Waals surface area contributed by atoms with Crippen LogP contribution >= 0.6 is 7.92 Å². The fourth-order valence-corrected chi connectivity index (χ4v) is 4.57. The zero-order chi connectivity index (χ0) is 13.9. The van der Waals surface area contributed by atoms with E-state index >= 15 is 0 Å². The summed E-state index contributed by atoms with van der Waals surface area (Å²) in [6.45, 7) is 6.91. The van der Waals surface area contributed by atoms with Crippen LogP contribution in [0.5, 0.6) is 0 Å². The van der Waals surface area contributed by atoms with E-state index < -0.39 is 0 Å². The van der Waals surface area contributed by atoms with Crippen LogP contribution in [0.4, 0.5) is 0 Å². The molecule has 1 atom stereocenters. The summed E-state index contributed by atoms with van der Waals surface area (Å²) in [4.78, 5) is 0. The molecule has 0 aliphatic heterocycles. The summed E-state index contributed by atoms with van der Waals surface area (Å²) in [6.07, 6.45) is 12.2. The second-order valence-corrected chi connectivity index (χ2v) is 8.09. The molecule has 0 aliphatic rings. The largest absolute Gasteiger partial charge is 0.0756 e. The van der Waals surface area contributed by atoms with Crippen molar-refractivity contribution in [2.75, 3.05) is 12.3 Å². The van der Waals surface area contributed by atoms with Gasteiger partial charge in [0.2, 0.25) is 0 Å². The molecular formula is C18H31P. The van der Waals surface area contributed by atoms with Crippen LogP contribution in [0.15, 0.2) is 24.3 Å². The van der Waals surface area contributed by atoms with Gasteiger partial charge in [-0.25, -0.2) is 0 Å². The van der Waals surface area contributed by atoms with Crippen molar-refractivity contribution in [2.24, 2.45) is 0 Å². The Labute approximate surface area is 121 Å². The fraction of sp³-hybridized carbons (Fsp3) is 0.667. The molecule has 1 heteroatoms. The summed E-state index contributed by atoms with van der Waals surface area (Å²) in [5, 5.41) is 1.62. The molecule has 1 aromatic rings. The van der Waals surface area contributed by atoms with E-state index in [0.717, 1.165) is 0 Å². The molecule has 0 saturated carbocycles. The van der Waals surface area contributed by atoms with Gasteiger partial charge in [-0.2, -0.15) is 0 Å². The number of hydrogen-bond acceptors (Lipinski definition) is 0. The molecule has 0 bridgehead atoms. The lowest BCUT2D eigenvalue weighted by Crippen LogP contribution is -2.05. The zero-order valence-electron chi connectivity index (χ0n) is 13.1. The first-order valence-corrected chi connectivity index (χ1v) is 9.86. The van der Waals surface area contributed by atoms with Gasteiger partial charge in [-0.1, -0.05) is 78.6 Å². The van der Waals surface area contributed by atoms with Crippen LogP contribution in [0.25, 0.3) is 0 Å². The van der Waals surface area contributed by atoms with Gasteiger partial charge in [0.05, 0.1) is 0 Å². The van der Waals surface area contributed by atoms with Crippen LogP contribution in [0.1, 0.15) is 64.9 Å². The van der Waals surface area contributed by atoms with E-state index in [4.69, 9.17) is 0 Å². The Hall–Kier alpha value is -0.350. The second-order valence-electron chi connectivity index (χ2n) is 5.41. The second kappa shape index (κ2) is 10.4. The van der Waals surface area contributed by atoms with E-state index in [0.29, 0.717) is 0 Å². The van der Waals surface area contributed by atoms with Crippen molar-refractivity contribution in [3.63, 3.8) is 0 Å². The standard InChI is InChI=1S/C18H31P/c1-4-7-9-10-16-19(6-3)18-14-12-17(13-15-18)11-8-5-2/h12-15H,4-11,16H2,1-3H3. The molecule has 1 rings (SSSR count). The Bertz CT molecular complexity index is 315. The highest BCUT2D eigenvalue weighted by Gasteiger charge is 2.08.